The van der Waals surface area contributed by atoms with Crippen LogP contribution in [-0.2, 0) is 6.54 Å². The number of halogens is 2. The molecule has 0 aliphatic heterocycles. The number of hydrogen-bond acceptors (Lipinski definition) is 2. The second kappa shape index (κ2) is 6.86. The quantitative estimate of drug-likeness (QED) is 0.827. The van der Waals surface area contributed by atoms with E-state index in [0.717, 1.165) is 10.2 Å². The molecule has 0 aliphatic rings. The lowest BCUT2D eigenvalue weighted by atomic mass is 10.2. The van der Waals surface area contributed by atoms with Gasteiger partial charge in [-0.3, -0.25) is 9.78 Å². The number of rotatable bonds is 4. The van der Waals surface area contributed by atoms with Crippen molar-refractivity contribution in [1.29, 1.82) is 0 Å². The van der Waals surface area contributed by atoms with Gasteiger partial charge in [0.2, 0.25) is 0 Å². The highest BCUT2D eigenvalue weighted by Crippen LogP contribution is 2.21. The second-order valence-corrected chi connectivity index (χ2v) is 5.65. The molecule has 0 unspecified atom stereocenters. The van der Waals surface area contributed by atoms with Crippen LogP contribution in [0.4, 0.5) is 0 Å². The van der Waals surface area contributed by atoms with Gasteiger partial charge in [-0.15, -0.1) is 0 Å². The van der Waals surface area contributed by atoms with E-state index < -0.39 is 0 Å². The number of hydrogen-bond donors (Lipinski definition) is 0. The van der Waals surface area contributed by atoms with Crippen molar-refractivity contribution in [3.05, 3.63) is 63.3 Å². The van der Waals surface area contributed by atoms with Gasteiger partial charge in [-0.05, 0) is 37.3 Å². The summed E-state index contributed by atoms with van der Waals surface area (Å²) in [4.78, 5) is 18.5. The molecule has 1 amide bonds. The molecule has 5 heteroatoms. The molecule has 0 saturated carbocycles. The Morgan fingerprint density at radius 2 is 2.15 bits per heavy atom. The molecule has 0 atom stereocenters. The van der Waals surface area contributed by atoms with Crippen LogP contribution in [0.5, 0.6) is 0 Å². The number of nitrogens with zero attached hydrogens (tertiary/aromatic N) is 2. The van der Waals surface area contributed by atoms with Crippen LogP contribution in [0.25, 0.3) is 0 Å². The zero-order valence-electron chi connectivity index (χ0n) is 11.0. The van der Waals surface area contributed by atoms with E-state index in [2.05, 4.69) is 20.9 Å². The number of pyridine rings is 1. The lowest BCUT2D eigenvalue weighted by Gasteiger charge is -2.20. The van der Waals surface area contributed by atoms with E-state index in [1.54, 1.807) is 29.3 Å². The summed E-state index contributed by atoms with van der Waals surface area (Å²) in [6, 6.07) is 10.9. The van der Waals surface area contributed by atoms with E-state index in [0.29, 0.717) is 23.7 Å². The Morgan fingerprint density at radius 3 is 2.75 bits per heavy atom. The molecule has 104 valence electrons. The molecule has 2 aromatic rings. The summed E-state index contributed by atoms with van der Waals surface area (Å²) in [5.74, 6) is -0.0543. The maximum atomic E-state index is 12.5. The fourth-order valence-corrected chi connectivity index (χ4v) is 2.73. The van der Waals surface area contributed by atoms with Crippen molar-refractivity contribution in [2.75, 3.05) is 6.54 Å². The Morgan fingerprint density at radius 1 is 1.35 bits per heavy atom. The van der Waals surface area contributed by atoms with Crippen molar-refractivity contribution in [3.63, 3.8) is 0 Å². The summed E-state index contributed by atoms with van der Waals surface area (Å²) >= 11 is 9.34. The summed E-state index contributed by atoms with van der Waals surface area (Å²) in [6.07, 6.45) is 1.73. The van der Waals surface area contributed by atoms with Gasteiger partial charge < -0.3 is 4.90 Å². The molecule has 1 aromatic heterocycles. The van der Waals surface area contributed by atoms with Crippen LogP contribution in [0, 0.1) is 0 Å². The van der Waals surface area contributed by atoms with Gasteiger partial charge in [-0.25, -0.2) is 0 Å². The van der Waals surface area contributed by atoms with Gasteiger partial charge in [0.1, 0.15) is 0 Å². The Balaban J connectivity index is 2.20. The largest absolute Gasteiger partial charge is 0.333 e. The highest BCUT2D eigenvalue weighted by molar-refractivity contribution is 9.10. The molecule has 0 spiro atoms. The average molecular weight is 354 g/mol. The summed E-state index contributed by atoms with van der Waals surface area (Å²) in [5.41, 5.74) is 1.44. The summed E-state index contributed by atoms with van der Waals surface area (Å²) < 4.78 is 0.794. The SMILES string of the molecule is CCN(Cc1ccccn1)C(=O)c1cc(Cl)cc(Br)c1. The van der Waals surface area contributed by atoms with Gasteiger partial charge in [0.05, 0.1) is 12.2 Å². The van der Waals surface area contributed by atoms with E-state index in [-0.39, 0.29) is 5.91 Å². The van der Waals surface area contributed by atoms with E-state index >= 15 is 0 Å². The molecule has 0 aliphatic carbocycles. The number of carbonyl (C=O) groups is 1. The minimum absolute atomic E-state index is 0.0543. The molecule has 0 radical (unpaired) electrons. The van der Waals surface area contributed by atoms with Gasteiger partial charge >= 0.3 is 0 Å². The van der Waals surface area contributed by atoms with Gasteiger partial charge in [-0.1, -0.05) is 33.6 Å². The van der Waals surface area contributed by atoms with Crippen molar-refractivity contribution in [3.8, 4) is 0 Å². The molecule has 0 fully saturated rings. The highest BCUT2D eigenvalue weighted by atomic mass is 79.9. The molecular formula is C15H14BrClN2O. The van der Waals surface area contributed by atoms with Crippen molar-refractivity contribution >= 4 is 33.4 Å². The minimum Gasteiger partial charge on any atom is -0.333 e. The first-order chi connectivity index (χ1) is 9.60. The predicted molar refractivity (Wildman–Crippen MR) is 83.8 cm³/mol. The van der Waals surface area contributed by atoms with Crippen molar-refractivity contribution < 1.29 is 4.79 Å². The van der Waals surface area contributed by atoms with Gasteiger partial charge in [-0.2, -0.15) is 0 Å². The van der Waals surface area contributed by atoms with Crippen LogP contribution in [0.2, 0.25) is 5.02 Å². The van der Waals surface area contributed by atoms with Gasteiger partial charge in [0, 0.05) is 27.8 Å². The van der Waals surface area contributed by atoms with Crippen LogP contribution in [-0.4, -0.2) is 22.3 Å². The second-order valence-electron chi connectivity index (χ2n) is 4.30. The lowest BCUT2D eigenvalue weighted by Crippen LogP contribution is -2.30. The first-order valence-corrected chi connectivity index (χ1v) is 7.42. The molecule has 0 saturated heterocycles. The molecule has 3 nitrogen and oxygen atoms in total. The van der Waals surface area contributed by atoms with E-state index in [1.807, 2.05) is 25.1 Å². The van der Waals surface area contributed by atoms with Crippen LogP contribution in [0.1, 0.15) is 23.0 Å². The highest BCUT2D eigenvalue weighted by Gasteiger charge is 2.16. The first kappa shape index (κ1) is 15.0. The molecule has 0 N–H and O–H groups in total. The Kier molecular flexibility index (Phi) is 5.15. The summed E-state index contributed by atoms with van der Waals surface area (Å²) in [6.45, 7) is 3.04. The Hall–Kier alpha value is -1.39. The first-order valence-electron chi connectivity index (χ1n) is 6.25. The topological polar surface area (TPSA) is 33.2 Å². The fourth-order valence-electron chi connectivity index (χ4n) is 1.87. The summed E-state index contributed by atoms with van der Waals surface area (Å²) in [7, 11) is 0. The van der Waals surface area contributed by atoms with E-state index in [1.165, 1.54) is 0 Å². The number of benzene rings is 1. The van der Waals surface area contributed by atoms with Gasteiger partial charge in [0.25, 0.3) is 5.91 Å². The third kappa shape index (κ3) is 3.81. The smallest absolute Gasteiger partial charge is 0.254 e. The molecule has 2 rings (SSSR count). The lowest BCUT2D eigenvalue weighted by molar-refractivity contribution is 0.0750. The zero-order valence-corrected chi connectivity index (χ0v) is 13.4. The normalized spacial score (nSPS) is 10.3. The Bertz CT molecular complexity index is 584. The van der Waals surface area contributed by atoms with Crippen molar-refractivity contribution in [1.82, 2.24) is 9.88 Å². The average Bonchev–Trinajstić information content (AvgIpc) is 2.44. The fraction of sp³-hybridized carbons (Fsp3) is 0.200. The monoisotopic (exact) mass is 352 g/mol. The third-order valence-corrected chi connectivity index (χ3v) is 3.53. The van der Waals surface area contributed by atoms with Crippen molar-refractivity contribution in [2.45, 2.75) is 13.5 Å². The summed E-state index contributed by atoms with van der Waals surface area (Å²) in [5, 5.41) is 0.539. The maximum Gasteiger partial charge on any atom is 0.254 e. The van der Waals surface area contributed by atoms with E-state index in [9.17, 15) is 4.79 Å². The van der Waals surface area contributed by atoms with Crippen LogP contribution < -0.4 is 0 Å². The Labute approximate surface area is 131 Å². The number of carbonyl (C=O) groups excluding carboxylic acids is 1. The third-order valence-electron chi connectivity index (χ3n) is 2.86. The molecular weight excluding hydrogens is 340 g/mol. The number of aromatic nitrogens is 1. The molecule has 1 heterocycles. The molecule has 1 aromatic carbocycles. The standard InChI is InChI=1S/C15H14BrClN2O/c1-2-19(10-14-5-3-4-6-18-14)15(20)11-7-12(16)9-13(17)8-11/h3-9H,2,10H2,1H3. The molecule has 0 bridgehead atoms. The van der Waals surface area contributed by atoms with Crippen LogP contribution in [0.15, 0.2) is 47.1 Å². The molecule has 20 heavy (non-hydrogen) atoms. The zero-order chi connectivity index (χ0) is 14.5. The van der Waals surface area contributed by atoms with E-state index in [4.69, 9.17) is 11.6 Å². The predicted octanol–water partition coefficient (Wildman–Crippen LogP) is 4.16. The maximum absolute atomic E-state index is 12.5. The van der Waals surface area contributed by atoms with Gasteiger partial charge in [0.15, 0.2) is 0 Å². The number of amides is 1. The minimum atomic E-state index is -0.0543. The van der Waals surface area contributed by atoms with Crippen LogP contribution >= 0.6 is 27.5 Å². The van der Waals surface area contributed by atoms with Crippen molar-refractivity contribution in [2.24, 2.45) is 0 Å². The van der Waals surface area contributed by atoms with Crippen LogP contribution in [0.3, 0.4) is 0 Å².